The fourth-order valence-corrected chi connectivity index (χ4v) is 2.04. The summed E-state index contributed by atoms with van der Waals surface area (Å²) in [6.07, 6.45) is 2.44. The normalized spacial score (nSPS) is 11.2. The number of benzene rings is 2. The van der Waals surface area contributed by atoms with Crippen LogP contribution < -0.4 is 9.47 Å². The molecule has 0 radical (unpaired) electrons. The van der Waals surface area contributed by atoms with Crippen molar-refractivity contribution in [1.29, 1.82) is 0 Å². The molecule has 0 N–H and O–H groups in total. The SMILES string of the molecule is COc1ccc(/C=C/C(=O)c2ccc(OC(=O)OC(C)(C)C)cc2)cc1. The molecule has 0 fully saturated rings. The summed E-state index contributed by atoms with van der Waals surface area (Å²) >= 11 is 0. The number of ether oxygens (including phenoxy) is 3. The van der Waals surface area contributed by atoms with Crippen molar-refractivity contribution >= 4 is 18.0 Å². The van der Waals surface area contributed by atoms with Gasteiger partial charge in [-0.15, -0.1) is 0 Å². The van der Waals surface area contributed by atoms with Gasteiger partial charge in [0.2, 0.25) is 0 Å². The van der Waals surface area contributed by atoms with Crippen LogP contribution >= 0.6 is 0 Å². The molecule has 0 amide bonds. The summed E-state index contributed by atoms with van der Waals surface area (Å²) in [7, 11) is 1.60. The first-order chi connectivity index (χ1) is 12.3. The van der Waals surface area contributed by atoms with Gasteiger partial charge in [-0.1, -0.05) is 18.2 Å². The van der Waals surface area contributed by atoms with Gasteiger partial charge in [-0.2, -0.15) is 0 Å². The molecule has 0 saturated carbocycles. The van der Waals surface area contributed by atoms with Crippen LogP contribution in [0.2, 0.25) is 0 Å². The lowest BCUT2D eigenvalue weighted by Crippen LogP contribution is -2.25. The Morgan fingerprint density at radius 3 is 2.00 bits per heavy atom. The summed E-state index contributed by atoms with van der Waals surface area (Å²) in [4.78, 5) is 23.8. The fraction of sp³-hybridized carbons (Fsp3) is 0.238. The molecule has 5 heteroatoms. The van der Waals surface area contributed by atoms with Gasteiger partial charge in [0.05, 0.1) is 7.11 Å². The number of methoxy groups -OCH3 is 1. The summed E-state index contributed by atoms with van der Waals surface area (Å²) < 4.78 is 15.2. The molecule has 136 valence electrons. The Hall–Kier alpha value is -3.08. The first-order valence-corrected chi connectivity index (χ1v) is 8.14. The van der Waals surface area contributed by atoms with Crippen LogP contribution in [0.15, 0.2) is 54.6 Å². The van der Waals surface area contributed by atoms with E-state index >= 15 is 0 Å². The van der Waals surface area contributed by atoms with Crippen molar-refractivity contribution in [2.24, 2.45) is 0 Å². The van der Waals surface area contributed by atoms with Gasteiger partial charge in [-0.05, 0) is 68.8 Å². The van der Waals surface area contributed by atoms with Crippen molar-refractivity contribution in [2.75, 3.05) is 7.11 Å². The van der Waals surface area contributed by atoms with E-state index in [-0.39, 0.29) is 5.78 Å². The van der Waals surface area contributed by atoms with Crippen LogP contribution in [0.3, 0.4) is 0 Å². The highest BCUT2D eigenvalue weighted by molar-refractivity contribution is 6.06. The maximum atomic E-state index is 12.2. The van der Waals surface area contributed by atoms with Crippen molar-refractivity contribution in [3.05, 3.63) is 65.7 Å². The highest BCUT2D eigenvalue weighted by Gasteiger charge is 2.18. The second kappa shape index (κ2) is 8.34. The molecule has 0 bridgehead atoms. The lowest BCUT2D eigenvalue weighted by molar-refractivity contribution is 0.0206. The molecule has 2 aromatic carbocycles. The average Bonchev–Trinajstić information content (AvgIpc) is 2.59. The first kappa shape index (κ1) is 19.2. The van der Waals surface area contributed by atoms with E-state index in [1.54, 1.807) is 58.2 Å². The molecule has 0 aliphatic rings. The summed E-state index contributed by atoms with van der Waals surface area (Å²) in [6, 6.07) is 13.7. The van der Waals surface area contributed by atoms with Crippen molar-refractivity contribution in [1.82, 2.24) is 0 Å². The minimum Gasteiger partial charge on any atom is -0.497 e. The molecule has 0 aliphatic carbocycles. The Labute approximate surface area is 153 Å². The number of carbonyl (C=O) groups is 2. The number of ketones is 1. The van der Waals surface area contributed by atoms with Crippen LogP contribution in [-0.2, 0) is 4.74 Å². The van der Waals surface area contributed by atoms with Crippen LogP contribution in [0.25, 0.3) is 6.08 Å². The Morgan fingerprint density at radius 1 is 0.885 bits per heavy atom. The Balaban J connectivity index is 1.97. The van der Waals surface area contributed by atoms with E-state index in [1.165, 1.54) is 6.08 Å². The molecule has 0 saturated heterocycles. The predicted octanol–water partition coefficient (Wildman–Crippen LogP) is 4.91. The zero-order valence-electron chi connectivity index (χ0n) is 15.3. The van der Waals surface area contributed by atoms with Crippen LogP contribution in [-0.4, -0.2) is 24.6 Å². The molecule has 0 atom stereocenters. The zero-order valence-corrected chi connectivity index (χ0v) is 15.3. The number of hydrogen-bond acceptors (Lipinski definition) is 5. The molecule has 0 aromatic heterocycles. The average molecular weight is 354 g/mol. The third kappa shape index (κ3) is 6.09. The molecule has 2 rings (SSSR count). The molecule has 0 heterocycles. The molecule has 26 heavy (non-hydrogen) atoms. The minimum atomic E-state index is -0.782. The molecule has 5 nitrogen and oxygen atoms in total. The minimum absolute atomic E-state index is 0.148. The molecular weight excluding hydrogens is 332 g/mol. The molecule has 2 aromatic rings. The van der Waals surface area contributed by atoms with Crippen molar-refractivity contribution in [2.45, 2.75) is 26.4 Å². The second-order valence-electron chi connectivity index (χ2n) is 6.56. The molecule has 0 spiro atoms. The van der Waals surface area contributed by atoms with Crippen molar-refractivity contribution < 1.29 is 23.8 Å². The van der Waals surface area contributed by atoms with Gasteiger partial charge >= 0.3 is 6.16 Å². The van der Waals surface area contributed by atoms with E-state index in [1.807, 2.05) is 24.3 Å². The standard InChI is InChI=1S/C21H22O5/c1-21(2,3)26-20(23)25-18-12-8-16(9-13-18)19(22)14-7-15-5-10-17(24-4)11-6-15/h5-14H,1-4H3/b14-7+. The van der Waals surface area contributed by atoms with Crippen LogP contribution in [0.1, 0.15) is 36.7 Å². The van der Waals surface area contributed by atoms with Gasteiger partial charge in [-0.3, -0.25) is 4.79 Å². The summed E-state index contributed by atoms with van der Waals surface area (Å²) in [5.41, 5.74) is 0.759. The summed E-state index contributed by atoms with van der Waals surface area (Å²) in [5, 5.41) is 0. The monoisotopic (exact) mass is 354 g/mol. The molecule has 0 unspecified atom stereocenters. The smallest absolute Gasteiger partial charge is 0.497 e. The Morgan fingerprint density at radius 2 is 1.46 bits per heavy atom. The number of rotatable bonds is 5. The third-order valence-electron chi connectivity index (χ3n) is 3.27. The second-order valence-corrected chi connectivity index (χ2v) is 6.56. The largest absolute Gasteiger partial charge is 0.514 e. The zero-order chi connectivity index (χ0) is 19.2. The van der Waals surface area contributed by atoms with E-state index in [9.17, 15) is 9.59 Å². The van der Waals surface area contributed by atoms with E-state index in [4.69, 9.17) is 14.2 Å². The highest BCUT2D eigenvalue weighted by atomic mass is 16.7. The predicted molar refractivity (Wildman–Crippen MR) is 99.7 cm³/mol. The molecule has 0 aliphatic heterocycles. The number of carbonyl (C=O) groups excluding carboxylic acids is 2. The van der Waals surface area contributed by atoms with Gasteiger partial charge < -0.3 is 14.2 Å². The number of hydrogen-bond donors (Lipinski definition) is 0. The lowest BCUT2D eigenvalue weighted by Gasteiger charge is -2.18. The van der Waals surface area contributed by atoms with E-state index in [2.05, 4.69) is 0 Å². The Bertz CT molecular complexity index is 781. The lowest BCUT2D eigenvalue weighted by atomic mass is 10.1. The van der Waals surface area contributed by atoms with Gasteiger partial charge in [0.15, 0.2) is 5.78 Å². The quantitative estimate of drug-likeness (QED) is 0.331. The van der Waals surface area contributed by atoms with Crippen LogP contribution in [0, 0.1) is 0 Å². The first-order valence-electron chi connectivity index (χ1n) is 8.14. The number of allylic oxidation sites excluding steroid dienone is 1. The fourth-order valence-electron chi connectivity index (χ4n) is 2.04. The Kier molecular flexibility index (Phi) is 6.17. The highest BCUT2D eigenvalue weighted by Crippen LogP contribution is 2.17. The summed E-state index contributed by atoms with van der Waals surface area (Å²) in [6.45, 7) is 5.27. The van der Waals surface area contributed by atoms with Crippen molar-refractivity contribution in [3.8, 4) is 11.5 Å². The van der Waals surface area contributed by atoms with Gasteiger partial charge in [-0.25, -0.2) is 4.79 Å². The van der Waals surface area contributed by atoms with E-state index in [0.717, 1.165) is 11.3 Å². The van der Waals surface area contributed by atoms with Crippen LogP contribution in [0.4, 0.5) is 4.79 Å². The van der Waals surface area contributed by atoms with E-state index < -0.39 is 11.8 Å². The van der Waals surface area contributed by atoms with Gasteiger partial charge in [0, 0.05) is 5.56 Å². The maximum absolute atomic E-state index is 12.2. The van der Waals surface area contributed by atoms with E-state index in [0.29, 0.717) is 11.3 Å². The van der Waals surface area contributed by atoms with Crippen LogP contribution in [0.5, 0.6) is 11.5 Å². The summed E-state index contributed by atoms with van der Waals surface area (Å²) in [5.74, 6) is 0.925. The van der Waals surface area contributed by atoms with Gasteiger partial charge in [0.25, 0.3) is 0 Å². The topological polar surface area (TPSA) is 61.8 Å². The maximum Gasteiger partial charge on any atom is 0.514 e. The molecular formula is C21H22O5. The van der Waals surface area contributed by atoms with Crippen molar-refractivity contribution in [3.63, 3.8) is 0 Å². The third-order valence-corrected chi connectivity index (χ3v) is 3.27. The van der Waals surface area contributed by atoms with Gasteiger partial charge in [0.1, 0.15) is 17.1 Å².